The van der Waals surface area contributed by atoms with Gasteiger partial charge in [0.05, 0.1) is 6.61 Å². The topological polar surface area (TPSA) is 46.6 Å². The molecule has 0 N–H and O–H groups in total. The quantitative estimate of drug-likeness (QED) is 0.734. The van der Waals surface area contributed by atoms with Crippen molar-refractivity contribution in [1.82, 2.24) is 4.90 Å². The maximum Gasteiger partial charge on any atom is 0.262 e. The fourth-order valence-corrected chi connectivity index (χ4v) is 2.70. The summed E-state index contributed by atoms with van der Waals surface area (Å²) in [5, 5.41) is 0. The van der Waals surface area contributed by atoms with Gasteiger partial charge in [-0.2, -0.15) is 0 Å². The molecule has 2 aliphatic rings. The minimum absolute atomic E-state index is 0.0527. The Hall–Kier alpha value is -1.68. The molecule has 18 heavy (non-hydrogen) atoms. The molecular weight excluding hydrogens is 230 g/mol. The second-order valence-corrected chi connectivity index (χ2v) is 4.81. The maximum absolute atomic E-state index is 12.3. The van der Waals surface area contributed by atoms with Crippen molar-refractivity contribution >= 4 is 11.7 Å². The SMILES string of the molecule is O=C1CCOC12CCN(Cc1ccccc1)C2=O. The zero-order chi connectivity index (χ0) is 12.6. The lowest BCUT2D eigenvalue weighted by molar-refractivity contribution is -0.151. The lowest BCUT2D eigenvalue weighted by Crippen LogP contribution is -2.44. The molecule has 2 aliphatic heterocycles. The lowest BCUT2D eigenvalue weighted by Gasteiger charge is -2.21. The smallest absolute Gasteiger partial charge is 0.262 e. The second-order valence-electron chi connectivity index (χ2n) is 4.81. The van der Waals surface area contributed by atoms with E-state index in [9.17, 15) is 9.59 Å². The molecule has 1 aromatic carbocycles. The van der Waals surface area contributed by atoms with E-state index in [1.165, 1.54) is 0 Å². The molecule has 2 saturated heterocycles. The van der Waals surface area contributed by atoms with Gasteiger partial charge in [0.15, 0.2) is 5.78 Å². The van der Waals surface area contributed by atoms with E-state index in [4.69, 9.17) is 4.74 Å². The van der Waals surface area contributed by atoms with Gasteiger partial charge in [0.25, 0.3) is 5.91 Å². The van der Waals surface area contributed by atoms with E-state index in [1.54, 1.807) is 4.90 Å². The molecule has 1 unspecified atom stereocenters. The Morgan fingerprint density at radius 3 is 2.67 bits per heavy atom. The van der Waals surface area contributed by atoms with E-state index < -0.39 is 5.60 Å². The van der Waals surface area contributed by atoms with Gasteiger partial charge in [-0.1, -0.05) is 30.3 Å². The van der Waals surface area contributed by atoms with Crippen molar-refractivity contribution < 1.29 is 14.3 Å². The van der Waals surface area contributed by atoms with Crippen molar-refractivity contribution in [3.05, 3.63) is 35.9 Å². The average molecular weight is 245 g/mol. The largest absolute Gasteiger partial charge is 0.357 e. The summed E-state index contributed by atoms with van der Waals surface area (Å²) >= 11 is 0. The van der Waals surface area contributed by atoms with Gasteiger partial charge in [0, 0.05) is 25.9 Å². The molecule has 1 amide bonds. The van der Waals surface area contributed by atoms with Crippen molar-refractivity contribution in [1.29, 1.82) is 0 Å². The number of nitrogens with zero attached hydrogens (tertiary/aromatic N) is 1. The summed E-state index contributed by atoms with van der Waals surface area (Å²) in [6, 6.07) is 9.80. The molecule has 1 spiro atoms. The zero-order valence-corrected chi connectivity index (χ0v) is 10.1. The predicted octanol–water partition coefficient (Wildman–Crippen LogP) is 1.15. The molecule has 0 aromatic heterocycles. The first-order valence-corrected chi connectivity index (χ1v) is 6.23. The molecule has 0 radical (unpaired) electrons. The molecule has 3 rings (SSSR count). The summed E-state index contributed by atoms with van der Waals surface area (Å²) < 4.78 is 5.45. The van der Waals surface area contributed by atoms with Gasteiger partial charge >= 0.3 is 0 Å². The number of Topliss-reactive ketones (excluding diaryl/α,β-unsaturated/α-hetero) is 1. The number of amides is 1. The minimum Gasteiger partial charge on any atom is -0.357 e. The molecule has 4 heteroatoms. The van der Waals surface area contributed by atoms with Gasteiger partial charge in [-0.05, 0) is 5.56 Å². The van der Waals surface area contributed by atoms with Crippen molar-refractivity contribution in [2.24, 2.45) is 0 Å². The summed E-state index contributed by atoms with van der Waals surface area (Å²) in [7, 11) is 0. The van der Waals surface area contributed by atoms with E-state index in [0.717, 1.165) is 5.56 Å². The zero-order valence-electron chi connectivity index (χ0n) is 10.1. The molecular formula is C14H15NO3. The summed E-state index contributed by atoms with van der Waals surface area (Å²) in [6.07, 6.45) is 0.864. The first kappa shape index (κ1) is 11.4. The number of hydrogen-bond acceptors (Lipinski definition) is 3. The van der Waals surface area contributed by atoms with Crippen molar-refractivity contribution in [2.45, 2.75) is 25.0 Å². The fraction of sp³-hybridized carbons (Fsp3) is 0.429. The van der Waals surface area contributed by atoms with Gasteiger partial charge in [-0.3, -0.25) is 9.59 Å². The molecule has 2 fully saturated rings. The monoisotopic (exact) mass is 245 g/mol. The minimum atomic E-state index is -1.14. The number of ether oxygens (including phenoxy) is 1. The van der Waals surface area contributed by atoms with Crippen LogP contribution in [-0.2, 0) is 20.9 Å². The van der Waals surface area contributed by atoms with Crippen LogP contribution in [0.15, 0.2) is 30.3 Å². The summed E-state index contributed by atoms with van der Waals surface area (Å²) in [4.78, 5) is 25.9. The molecule has 0 aliphatic carbocycles. The van der Waals surface area contributed by atoms with Crippen molar-refractivity contribution in [3.8, 4) is 0 Å². The van der Waals surface area contributed by atoms with Crippen LogP contribution in [0.2, 0.25) is 0 Å². The second kappa shape index (κ2) is 4.21. The van der Waals surface area contributed by atoms with Gasteiger partial charge < -0.3 is 9.64 Å². The number of hydrogen-bond donors (Lipinski definition) is 0. The Bertz CT molecular complexity index is 485. The molecule has 0 saturated carbocycles. The van der Waals surface area contributed by atoms with Crippen LogP contribution in [0, 0.1) is 0 Å². The molecule has 4 nitrogen and oxygen atoms in total. The van der Waals surface area contributed by atoms with Gasteiger partial charge in [-0.25, -0.2) is 0 Å². The van der Waals surface area contributed by atoms with Gasteiger partial charge in [0.2, 0.25) is 5.60 Å². The van der Waals surface area contributed by atoms with Crippen LogP contribution in [0.25, 0.3) is 0 Å². The molecule has 2 heterocycles. The van der Waals surface area contributed by atoms with E-state index >= 15 is 0 Å². The Labute approximate surface area is 106 Å². The number of rotatable bonds is 2. The van der Waals surface area contributed by atoms with Crippen LogP contribution < -0.4 is 0 Å². The van der Waals surface area contributed by atoms with Crippen LogP contribution in [-0.4, -0.2) is 35.3 Å². The number of ketones is 1. The highest BCUT2D eigenvalue weighted by molar-refractivity contribution is 6.11. The molecule has 0 bridgehead atoms. The molecule has 1 atom stereocenters. The highest BCUT2D eigenvalue weighted by Gasteiger charge is 2.55. The number of carbonyl (C=O) groups excluding carboxylic acids is 2. The Morgan fingerprint density at radius 2 is 2.00 bits per heavy atom. The van der Waals surface area contributed by atoms with E-state index in [0.29, 0.717) is 32.5 Å². The summed E-state index contributed by atoms with van der Waals surface area (Å²) in [6.45, 7) is 1.53. The third kappa shape index (κ3) is 1.64. The molecule has 1 aromatic rings. The van der Waals surface area contributed by atoms with Crippen molar-refractivity contribution in [3.63, 3.8) is 0 Å². The highest BCUT2D eigenvalue weighted by atomic mass is 16.5. The normalized spacial score (nSPS) is 27.4. The maximum atomic E-state index is 12.3. The highest BCUT2D eigenvalue weighted by Crippen LogP contribution is 2.34. The average Bonchev–Trinajstić information content (AvgIpc) is 2.91. The Kier molecular flexibility index (Phi) is 2.67. The first-order chi connectivity index (χ1) is 8.72. The third-order valence-corrected chi connectivity index (χ3v) is 3.71. The standard InChI is InChI=1S/C14H15NO3/c16-12-6-9-18-14(12)7-8-15(13(14)17)10-11-4-2-1-3-5-11/h1-5H,6-10H2. The lowest BCUT2D eigenvalue weighted by atomic mass is 9.97. The van der Waals surface area contributed by atoms with E-state index in [1.807, 2.05) is 30.3 Å². The summed E-state index contributed by atoms with van der Waals surface area (Å²) in [5.41, 5.74) is -0.0669. The van der Waals surface area contributed by atoms with E-state index in [2.05, 4.69) is 0 Å². The van der Waals surface area contributed by atoms with Gasteiger partial charge in [0.1, 0.15) is 0 Å². The number of carbonyl (C=O) groups is 2. The van der Waals surface area contributed by atoms with Crippen LogP contribution in [0.5, 0.6) is 0 Å². The van der Waals surface area contributed by atoms with Crippen molar-refractivity contribution in [2.75, 3.05) is 13.2 Å². The first-order valence-electron chi connectivity index (χ1n) is 6.23. The van der Waals surface area contributed by atoms with Crippen LogP contribution >= 0.6 is 0 Å². The molecule has 94 valence electrons. The van der Waals surface area contributed by atoms with Crippen LogP contribution in [0.3, 0.4) is 0 Å². The van der Waals surface area contributed by atoms with E-state index in [-0.39, 0.29) is 11.7 Å². The third-order valence-electron chi connectivity index (χ3n) is 3.71. The number of benzene rings is 1. The van der Waals surface area contributed by atoms with Gasteiger partial charge in [-0.15, -0.1) is 0 Å². The number of likely N-dealkylation sites (tertiary alicyclic amines) is 1. The Morgan fingerprint density at radius 1 is 1.22 bits per heavy atom. The predicted molar refractivity (Wildman–Crippen MR) is 64.8 cm³/mol. The Balaban J connectivity index is 1.77. The fourth-order valence-electron chi connectivity index (χ4n) is 2.70. The summed E-state index contributed by atoms with van der Waals surface area (Å²) in [5.74, 6) is -0.211. The van der Waals surface area contributed by atoms with Crippen LogP contribution in [0.4, 0.5) is 0 Å². The van der Waals surface area contributed by atoms with Crippen LogP contribution in [0.1, 0.15) is 18.4 Å².